The Morgan fingerprint density at radius 3 is 1.94 bits per heavy atom. The van der Waals surface area contributed by atoms with E-state index >= 15 is 0 Å². The molecule has 0 fully saturated rings. The van der Waals surface area contributed by atoms with Crippen molar-refractivity contribution in [2.75, 3.05) is 34.9 Å². The molecule has 96 valence electrons. The van der Waals surface area contributed by atoms with Gasteiger partial charge in [-0.15, -0.1) is 0 Å². The van der Waals surface area contributed by atoms with Crippen LogP contribution < -0.4 is 25.3 Å². The van der Waals surface area contributed by atoms with E-state index in [4.69, 9.17) is 19.9 Å². The summed E-state index contributed by atoms with van der Waals surface area (Å²) in [6.45, 7) is 0.454. The third kappa shape index (κ3) is 2.81. The van der Waals surface area contributed by atoms with Crippen LogP contribution in [-0.2, 0) is 0 Å². The van der Waals surface area contributed by atoms with Gasteiger partial charge in [0.2, 0.25) is 0 Å². The Hall–Kier alpha value is -1.46. The van der Waals surface area contributed by atoms with E-state index in [1.165, 1.54) is 0 Å². The van der Waals surface area contributed by atoms with Gasteiger partial charge in [0.05, 0.1) is 32.9 Å². The van der Waals surface area contributed by atoms with Gasteiger partial charge < -0.3 is 25.3 Å². The summed E-state index contributed by atoms with van der Waals surface area (Å²) in [4.78, 5) is 0. The third-order valence-electron chi connectivity index (χ3n) is 2.69. The van der Waals surface area contributed by atoms with E-state index in [2.05, 4.69) is 5.32 Å². The molecule has 0 heterocycles. The van der Waals surface area contributed by atoms with Crippen LogP contribution in [0.1, 0.15) is 11.6 Å². The zero-order valence-corrected chi connectivity index (χ0v) is 10.7. The highest BCUT2D eigenvalue weighted by Gasteiger charge is 2.20. The maximum atomic E-state index is 5.73. The van der Waals surface area contributed by atoms with Gasteiger partial charge in [-0.3, -0.25) is 0 Å². The van der Waals surface area contributed by atoms with Gasteiger partial charge in [0.15, 0.2) is 0 Å². The largest absolute Gasteiger partial charge is 0.496 e. The number of hydrogen-bond donors (Lipinski definition) is 2. The van der Waals surface area contributed by atoms with Crippen molar-refractivity contribution in [3.63, 3.8) is 0 Å². The molecule has 0 aliphatic rings. The lowest BCUT2D eigenvalue weighted by Gasteiger charge is -2.21. The molecule has 3 N–H and O–H groups in total. The molecule has 1 aromatic rings. The van der Waals surface area contributed by atoms with Crippen molar-refractivity contribution in [2.24, 2.45) is 5.73 Å². The third-order valence-corrected chi connectivity index (χ3v) is 2.69. The first-order chi connectivity index (χ1) is 8.21. The molecule has 1 rings (SSSR count). The summed E-state index contributed by atoms with van der Waals surface area (Å²) in [6.07, 6.45) is 0. The summed E-state index contributed by atoms with van der Waals surface area (Å²) in [5.41, 5.74) is 6.63. The summed E-state index contributed by atoms with van der Waals surface area (Å²) >= 11 is 0. The molecule has 1 atom stereocenters. The fourth-order valence-electron chi connectivity index (χ4n) is 1.76. The number of nitrogens with one attached hydrogen (secondary N) is 1. The zero-order valence-electron chi connectivity index (χ0n) is 10.7. The quantitative estimate of drug-likeness (QED) is 0.774. The number of ether oxygens (including phenoxy) is 3. The van der Waals surface area contributed by atoms with E-state index in [0.717, 1.165) is 5.56 Å². The topological polar surface area (TPSA) is 65.7 Å². The smallest absolute Gasteiger partial charge is 0.131 e. The number of benzene rings is 1. The van der Waals surface area contributed by atoms with Crippen LogP contribution in [0, 0.1) is 0 Å². The summed E-state index contributed by atoms with van der Waals surface area (Å²) in [5.74, 6) is 2.09. The average Bonchev–Trinajstić information content (AvgIpc) is 2.39. The minimum atomic E-state index is -0.0224. The second-order valence-corrected chi connectivity index (χ2v) is 3.52. The predicted octanol–water partition coefficient (Wildman–Crippen LogP) is 0.932. The zero-order chi connectivity index (χ0) is 12.8. The highest BCUT2D eigenvalue weighted by atomic mass is 16.5. The first-order valence-electron chi connectivity index (χ1n) is 5.39. The van der Waals surface area contributed by atoms with Crippen molar-refractivity contribution in [3.8, 4) is 17.2 Å². The van der Waals surface area contributed by atoms with Crippen LogP contribution >= 0.6 is 0 Å². The predicted molar refractivity (Wildman–Crippen MR) is 67.0 cm³/mol. The SMILES string of the molecule is CNC(CN)c1c(OC)cc(OC)cc1OC. The molecular weight excluding hydrogens is 220 g/mol. The molecule has 1 unspecified atom stereocenters. The van der Waals surface area contributed by atoms with Crippen LogP contribution in [0.3, 0.4) is 0 Å². The summed E-state index contributed by atoms with van der Waals surface area (Å²) < 4.78 is 15.9. The highest BCUT2D eigenvalue weighted by molar-refractivity contribution is 5.52. The fraction of sp³-hybridized carbons (Fsp3) is 0.500. The number of methoxy groups -OCH3 is 3. The van der Waals surface area contributed by atoms with Crippen LogP contribution in [0.4, 0.5) is 0 Å². The van der Waals surface area contributed by atoms with Gasteiger partial charge in [0, 0.05) is 18.7 Å². The number of rotatable bonds is 6. The first kappa shape index (κ1) is 13.6. The number of hydrogen-bond acceptors (Lipinski definition) is 5. The van der Waals surface area contributed by atoms with Gasteiger partial charge in [-0.2, -0.15) is 0 Å². The molecule has 0 bridgehead atoms. The van der Waals surface area contributed by atoms with Gasteiger partial charge >= 0.3 is 0 Å². The molecule has 5 heteroatoms. The lowest BCUT2D eigenvalue weighted by Crippen LogP contribution is -2.25. The second kappa shape index (κ2) is 6.32. The van der Waals surface area contributed by atoms with Crippen molar-refractivity contribution >= 4 is 0 Å². The minimum Gasteiger partial charge on any atom is -0.496 e. The van der Waals surface area contributed by atoms with Crippen LogP contribution in [0.2, 0.25) is 0 Å². The van der Waals surface area contributed by atoms with Crippen molar-refractivity contribution in [2.45, 2.75) is 6.04 Å². The highest BCUT2D eigenvalue weighted by Crippen LogP contribution is 2.37. The number of likely N-dealkylation sites (N-methyl/N-ethyl adjacent to an activating group) is 1. The van der Waals surface area contributed by atoms with Crippen LogP contribution in [0.25, 0.3) is 0 Å². The molecular formula is C12H20N2O3. The number of nitrogens with two attached hydrogens (primary N) is 1. The molecule has 0 spiro atoms. The van der Waals surface area contributed by atoms with Gasteiger partial charge in [-0.1, -0.05) is 0 Å². The van der Waals surface area contributed by atoms with Crippen molar-refractivity contribution in [3.05, 3.63) is 17.7 Å². The van der Waals surface area contributed by atoms with Gasteiger partial charge in [0.25, 0.3) is 0 Å². The summed E-state index contributed by atoms with van der Waals surface area (Å²) in [7, 11) is 6.68. The Morgan fingerprint density at radius 1 is 1.12 bits per heavy atom. The van der Waals surface area contributed by atoms with E-state index in [0.29, 0.717) is 23.8 Å². The average molecular weight is 240 g/mol. The molecule has 1 aromatic carbocycles. The molecule has 0 saturated carbocycles. The Balaban J connectivity index is 3.33. The molecule has 0 aliphatic carbocycles. The van der Waals surface area contributed by atoms with Crippen molar-refractivity contribution in [1.29, 1.82) is 0 Å². The van der Waals surface area contributed by atoms with Crippen molar-refractivity contribution < 1.29 is 14.2 Å². The lowest BCUT2D eigenvalue weighted by molar-refractivity contribution is 0.360. The van der Waals surface area contributed by atoms with Crippen LogP contribution in [-0.4, -0.2) is 34.9 Å². The molecule has 5 nitrogen and oxygen atoms in total. The Labute approximate surface area is 102 Å². The van der Waals surface area contributed by atoms with E-state index < -0.39 is 0 Å². The standard InChI is InChI=1S/C12H20N2O3/c1-14-9(7-13)12-10(16-3)5-8(15-2)6-11(12)17-4/h5-6,9,14H,7,13H2,1-4H3. The Bertz CT molecular complexity index is 340. The van der Waals surface area contributed by atoms with E-state index in [1.807, 2.05) is 19.2 Å². The van der Waals surface area contributed by atoms with E-state index in [9.17, 15) is 0 Å². The molecule has 17 heavy (non-hydrogen) atoms. The first-order valence-corrected chi connectivity index (χ1v) is 5.39. The van der Waals surface area contributed by atoms with E-state index in [1.54, 1.807) is 21.3 Å². The maximum Gasteiger partial charge on any atom is 0.131 e. The van der Waals surface area contributed by atoms with Gasteiger partial charge in [-0.25, -0.2) is 0 Å². The maximum absolute atomic E-state index is 5.73. The lowest BCUT2D eigenvalue weighted by atomic mass is 10.0. The molecule has 0 amide bonds. The van der Waals surface area contributed by atoms with Gasteiger partial charge in [0.1, 0.15) is 17.2 Å². The monoisotopic (exact) mass is 240 g/mol. The normalized spacial score (nSPS) is 12.1. The fourth-order valence-corrected chi connectivity index (χ4v) is 1.76. The second-order valence-electron chi connectivity index (χ2n) is 3.52. The molecule has 0 radical (unpaired) electrons. The van der Waals surface area contributed by atoms with Crippen LogP contribution in [0.15, 0.2) is 12.1 Å². The minimum absolute atomic E-state index is 0.0224. The molecule has 0 saturated heterocycles. The van der Waals surface area contributed by atoms with Crippen LogP contribution in [0.5, 0.6) is 17.2 Å². The van der Waals surface area contributed by atoms with E-state index in [-0.39, 0.29) is 6.04 Å². The molecule has 0 aromatic heterocycles. The van der Waals surface area contributed by atoms with Gasteiger partial charge in [-0.05, 0) is 7.05 Å². The Kier molecular flexibility index (Phi) is 5.06. The summed E-state index contributed by atoms with van der Waals surface area (Å²) in [5, 5.41) is 3.13. The van der Waals surface area contributed by atoms with Crippen molar-refractivity contribution in [1.82, 2.24) is 5.32 Å². The molecule has 0 aliphatic heterocycles. The summed E-state index contributed by atoms with van der Waals surface area (Å²) in [6, 6.07) is 3.61. The Morgan fingerprint density at radius 2 is 1.65 bits per heavy atom.